The molecular formula is C20H23N3O4. The highest BCUT2D eigenvalue weighted by atomic mass is 16.5. The first-order valence-electron chi connectivity index (χ1n) is 8.90. The molecule has 0 unspecified atom stereocenters. The number of hydrogen-bond acceptors (Lipinski definition) is 5. The standard InChI is InChI=1S/C20H23N3O4/c1-26-16-7-8-17(18(10-16)27-2)23-20(25)14-9-13(11-21-12-14)19(24)22-15-5-3-4-6-15/h7-12,15H,3-6H2,1-2H3,(H,22,24)(H,23,25). The van der Waals surface area contributed by atoms with E-state index in [1.54, 1.807) is 31.4 Å². The minimum absolute atomic E-state index is 0.203. The largest absolute Gasteiger partial charge is 0.497 e. The van der Waals surface area contributed by atoms with Gasteiger partial charge in [-0.3, -0.25) is 14.6 Å². The lowest BCUT2D eigenvalue weighted by Gasteiger charge is -2.13. The number of nitrogens with one attached hydrogen (secondary N) is 2. The first kappa shape index (κ1) is 18.7. The van der Waals surface area contributed by atoms with Gasteiger partial charge in [0.2, 0.25) is 0 Å². The molecule has 0 aliphatic heterocycles. The van der Waals surface area contributed by atoms with E-state index in [-0.39, 0.29) is 17.9 Å². The molecule has 1 heterocycles. The lowest BCUT2D eigenvalue weighted by atomic mass is 10.1. The lowest BCUT2D eigenvalue weighted by molar-refractivity contribution is 0.0937. The van der Waals surface area contributed by atoms with Crippen LogP contribution >= 0.6 is 0 Å². The molecule has 2 amide bonds. The number of nitrogens with zero attached hydrogens (tertiary/aromatic N) is 1. The van der Waals surface area contributed by atoms with Crippen molar-refractivity contribution in [3.8, 4) is 11.5 Å². The highest BCUT2D eigenvalue weighted by Crippen LogP contribution is 2.29. The van der Waals surface area contributed by atoms with Gasteiger partial charge in [-0.1, -0.05) is 12.8 Å². The molecule has 3 rings (SSSR count). The number of hydrogen-bond donors (Lipinski definition) is 2. The van der Waals surface area contributed by atoms with Crippen LogP contribution < -0.4 is 20.1 Å². The van der Waals surface area contributed by atoms with E-state index in [1.165, 1.54) is 19.5 Å². The summed E-state index contributed by atoms with van der Waals surface area (Å²) in [6.07, 6.45) is 7.16. The molecule has 1 aliphatic rings. The van der Waals surface area contributed by atoms with Crippen LogP contribution in [-0.2, 0) is 0 Å². The fourth-order valence-corrected chi connectivity index (χ4v) is 3.12. The van der Waals surface area contributed by atoms with Crippen molar-refractivity contribution in [2.75, 3.05) is 19.5 Å². The molecule has 0 saturated heterocycles. The van der Waals surface area contributed by atoms with E-state index < -0.39 is 0 Å². The van der Waals surface area contributed by atoms with Gasteiger partial charge in [0.1, 0.15) is 11.5 Å². The minimum Gasteiger partial charge on any atom is -0.497 e. The third kappa shape index (κ3) is 4.55. The Kier molecular flexibility index (Phi) is 5.90. The zero-order valence-electron chi connectivity index (χ0n) is 15.5. The van der Waals surface area contributed by atoms with Crippen LogP contribution in [0.15, 0.2) is 36.7 Å². The maximum absolute atomic E-state index is 12.6. The molecule has 2 aromatic rings. The van der Waals surface area contributed by atoms with Crippen LogP contribution in [0.5, 0.6) is 11.5 Å². The van der Waals surface area contributed by atoms with E-state index in [9.17, 15) is 9.59 Å². The van der Waals surface area contributed by atoms with Crippen molar-refractivity contribution in [3.63, 3.8) is 0 Å². The van der Waals surface area contributed by atoms with Crippen LogP contribution in [0.2, 0.25) is 0 Å². The zero-order valence-corrected chi connectivity index (χ0v) is 15.5. The fraction of sp³-hybridized carbons (Fsp3) is 0.350. The quantitative estimate of drug-likeness (QED) is 0.817. The van der Waals surface area contributed by atoms with Crippen LogP contribution in [0, 0.1) is 0 Å². The molecule has 27 heavy (non-hydrogen) atoms. The predicted octanol–water partition coefficient (Wildman–Crippen LogP) is 3.02. The molecule has 0 bridgehead atoms. The summed E-state index contributed by atoms with van der Waals surface area (Å²) in [5.74, 6) is 0.524. The zero-order chi connectivity index (χ0) is 19.2. The van der Waals surface area contributed by atoms with E-state index in [0.717, 1.165) is 25.7 Å². The summed E-state index contributed by atoms with van der Waals surface area (Å²) in [5, 5.41) is 5.77. The molecule has 1 aliphatic carbocycles. The van der Waals surface area contributed by atoms with Gasteiger partial charge >= 0.3 is 0 Å². The average Bonchev–Trinajstić information content (AvgIpc) is 3.21. The monoisotopic (exact) mass is 369 g/mol. The Labute approximate surface area is 158 Å². The van der Waals surface area contributed by atoms with Crippen LogP contribution in [0.3, 0.4) is 0 Å². The minimum atomic E-state index is -0.374. The van der Waals surface area contributed by atoms with Crippen molar-refractivity contribution >= 4 is 17.5 Å². The number of pyridine rings is 1. The molecule has 1 aromatic heterocycles. The SMILES string of the molecule is COc1ccc(NC(=O)c2cncc(C(=O)NC3CCCC3)c2)c(OC)c1. The Morgan fingerprint density at radius 2 is 1.70 bits per heavy atom. The summed E-state index contributed by atoms with van der Waals surface area (Å²) in [6, 6.07) is 6.85. The first-order valence-corrected chi connectivity index (χ1v) is 8.90. The van der Waals surface area contributed by atoms with Crippen molar-refractivity contribution in [1.29, 1.82) is 0 Å². The predicted molar refractivity (Wildman–Crippen MR) is 101 cm³/mol. The third-order valence-corrected chi connectivity index (χ3v) is 4.61. The van der Waals surface area contributed by atoms with E-state index in [0.29, 0.717) is 28.3 Å². The summed E-state index contributed by atoms with van der Waals surface area (Å²) in [5.41, 5.74) is 1.17. The number of benzene rings is 1. The number of ether oxygens (including phenoxy) is 2. The molecule has 1 fully saturated rings. The van der Waals surface area contributed by atoms with Crippen molar-refractivity contribution in [2.45, 2.75) is 31.7 Å². The van der Waals surface area contributed by atoms with Crippen LogP contribution in [-0.4, -0.2) is 37.1 Å². The van der Waals surface area contributed by atoms with Gasteiger partial charge in [-0.15, -0.1) is 0 Å². The van der Waals surface area contributed by atoms with Gasteiger partial charge in [0, 0.05) is 24.5 Å². The first-order chi connectivity index (χ1) is 13.1. The van der Waals surface area contributed by atoms with E-state index in [4.69, 9.17) is 9.47 Å². The Balaban J connectivity index is 1.72. The third-order valence-electron chi connectivity index (χ3n) is 4.61. The normalized spacial score (nSPS) is 13.9. The second kappa shape index (κ2) is 8.53. The number of amides is 2. The number of anilines is 1. The molecule has 1 saturated carbocycles. The van der Waals surface area contributed by atoms with E-state index in [2.05, 4.69) is 15.6 Å². The Hall–Kier alpha value is -3.09. The van der Waals surface area contributed by atoms with Crippen LogP contribution in [0.1, 0.15) is 46.4 Å². The molecule has 0 spiro atoms. The highest BCUT2D eigenvalue weighted by molar-refractivity contribution is 6.06. The number of methoxy groups -OCH3 is 2. The summed E-state index contributed by atoms with van der Waals surface area (Å²) < 4.78 is 10.4. The van der Waals surface area contributed by atoms with Gasteiger partial charge in [-0.2, -0.15) is 0 Å². The van der Waals surface area contributed by atoms with Gasteiger partial charge in [0.25, 0.3) is 11.8 Å². The molecule has 7 heteroatoms. The fourth-order valence-electron chi connectivity index (χ4n) is 3.12. The number of carbonyl (C=O) groups excluding carboxylic acids is 2. The van der Waals surface area contributed by atoms with Crippen molar-refractivity contribution in [1.82, 2.24) is 10.3 Å². The van der Waals surface area contributed by atoms with Crippen molar-refractivity contribution in [2.24, 2.45) is 0 Å². The molecule has 0 radical (unpaired) electrons. The number of carbonyl (C=O) groups is 2. The second-order valence-electron chi connectivity index (χ2n) is 6.44. The molecule has 0 atom stereocenters. The topological polar surface area (TPSA) is 89.5 Å². The number of aromatic nitrogens is 1. The van der Waals surface area contributed by atoms with Crippen LogP contribution in [0.25, 0.3) is 0 Å². The lowest BCUT2D eigenvalue weighted by Crippen LogP contribution is -2.32. The van der Waals surface area contributed by atoms with Gasteiger partial charge in [-0.25, -0.2) is 0 Å². The summed E-state index contributed by atoms with van der Waals surface area (Å²) >= 11 is 0. The summed E-state index contributed by atoms with van der Waals surface area (Å²) in [7, 11) is 3.07. The van der Waals surface area contributed by atoms with Crippen molar-refractivity contribution < 1.29 is 19.1 Å². The van der Waals surface area contributed by atoms with Crippen molar-refractivity contribution in [3.05, 3.63) is 47.8 Å². The summed E-state index contributed by atoms with van der Waals surface area (Å²) in [4.78, 5) is 29.0. The summed E-state index contributed by atoms with van der Waals surface area (Å²) in [6.45, 7) is 0. The van der Waals surface area contributed by atoms with Crippen LogP contribution in [0.4, 0.5) is 5.69 Å². The maximum atomic E-state index is 12.6. The molecular weight excluding hydrogens is 346 g/mol. The molecule has 2 N–H and O–H groups in total. The van der Waals surface area contributed by atoms with Gasteiger partial charge < -0.3 is 20.1 Å². The van der Waals surface area contributed by atoms with E-state index in [1.807, 2.05) is 0 Å². The van der Waals surface area contributed by atoms with Gasteiger partial charge in [0.15, 0.2) is 0 Å². The average molecular weight is 369 g/mol. The van der Waals surface area contributed by atoms with Gasteiger partial charge in [-0.05, 0) is 31.0 Å². The Morgan fingerprint density at radius 3 is 2.37 bits per heavy atom. The Bertz CT molecular complexity index is 832. The second-order valence-corrected chi connectivity index (χ2v) is 6.44. The maximum Gasteiger partial charge on any atom is 0.257 e. The molecule has 7 nitrogen and oxygen atoms in total. The van der Waals surface area contributed by atoms with Gasteiger partial charge in [0.05, 0.1) is 31.0 Å². The molecule has 142 valence electrons. The molecule has 1 aromatic carbocycles. The number of rotatable bonds is 6. The Morgan fingerprint density at radius 1 is 1.00 bits per heavy atom. The smallest absolute Gasteiger partial charge is 0.257 e. The van der Waals surface area contributed by atoms with E-state index >= 15 is 0 Å². The highest BCUT2D eigenvalue weighted by Gasteiger charge is 2.19.